The Balaban J connectivity index is 2.23. The fourth-order valence-corrected chi connectivity index (χ4v) is 2.48. The van der Waals surface area contributed by atoms with Gasteiger partial charge in [0.1, 0.15) is 5.15 Å². The van der Waals surface area contributed by atoms with Crippen molar-refractivity contribution in [3.8, 4) is 5.69 Å². The molecular formula is C14H17Cl2N3O. The minimum atomic E-state index is 0.179. The van der Waals surface area contributed by atoms with E-state index in [4.69, 9.17) is 28.3 Å². The third kappa shape index (κ3) is 3.33. The third-order valence-electron chi connectivity index (χ3n) is 3.02. The molecule has 0 spiro atoms. The van der Waals surface area contributed by atoms with E-state index in [0.29, 0.717) is 16.7 Å². The van der Waals surface area contributed by atoms with Crippen molar-refractivity contribution in [1.29, 1.82) is 0 Å². The Hall–Kier alpha value is -1.07. The summed E-state index contributed by atoms with van der Waals surface area (Å²) in [5, 5.41) is 17.6. The molecule has 108 valence electrons. The summed E-state index contributed by atoms with van der Waals surface area (Å²) in [6.07, 6.45) is 0.718. The molecule has 0 fully saturated rings. The van der Waals surface area contributed by atoms with E-state index in [1.54, 1.807) is 4.68 Å². The number of hydrogen-bond acceptors (Lipinski definition) is 3. The van der Waals surface area contributed by atoms with Crippen LogP contribution in [0, 0.1) is 6.92 Å². The number of nitrogens with zero attached hydrogens (tertiary/aromatic N) is 2. The number of benzene rings is 1. The zero-order valence-corrected chi connectivity index (χ0v) is 12.7. The first-order valence-electron chi connectivity index (χ1n) is 6.45. The van der Waals surface area contributed by atoms with E-state index in [1.807, 2.05) is 31.2 Å². The summed E-state index contributed by atoms with van der Waals surface area (Å²) in [6.45, 7) is 3.46. The monoisotopic (exact) mass is 313 g/mol. The molecule has 6 heteroatoms. The SMILES string of the molecule is Cc1nn(-c2ccccc2Cl)c(Cl)c1CNCCCO. The molecular weight excluding hydrogens is 297 g/mol. The van der Waals surface area contributed by atoms with E-state index in [-0.39, 0.29) is 6.61 Å². The fraction of sp³-hybridized carbons (Fsp3) is 0.357. The van der Waals surface area contributed by atoms with Gasteiger partial charge in [-0.1, -0.05) is 35.3 Å². The lowest BCUT2D eigenvalue weighted by atomic mass is 10.2. The summed E-state index contributed by atoms with van der Waals surface area (Å²) < 4.78 is 1.66. The van der Waals surface area contributed by atoms with Crippen LogP contribution in [0.1, 0.15) is 17.7 Å². The Kier molecular flexibility index (Phi) is 5.43. The predicted octanol–water partition coefficient (Wildman–Crippen LogP) is 2.96. The van der Waals surface area contributed by atoms with Crippen LogP contribution in [0.5, 0.6) is 0 Å². The lowest BCUT2D eigenvalue weighted by Crippen LogP contribution is -2.16. The first-order chi connectivity index (χ1) is 9.65. The van der Waals surface area contributed by atoms with Crippen LogP contribution in [0.4, 0.5) is 0 Å². The highest BCUT2D eigenvalue weighted by atomic mass is 35.5. The summed E-state index contributed by atoms with van der Waals surface area (Å²) in [7, 11) is 0. The summed E-state index contributed by atoms with van der Waals surface area (Å²) in [5.41, 5.74) is 2.58. The van der Waals surface area contributed by atoms with Crippen LogP contribution in [0.3, 0.4) is 0 Å². The first-order valence-corrected chi connectivity index (χ1v) is 7.21. The van der Waals surface area contributed by atoms with Crippen LogP contribution in [-0.2, 0) is 6.54 Å². The van der Waals surface area contributed by atoms with Crippen LogP contribution in [0.15, 0.2) is 24.3 Å². The Morgan fingerprint density at radius 1 is 1.30 bits per heavy atom. The third-order valence-corrected chi connectivity index (χ3v) is 3.72. The van der Waals surface area contributed by atoms with Crippen LogP contribution < -0.4 is 5.32 Å². The molecule has 2 aromatic rings. The summed E-state index contributed by atoms with van der Waals surface area (Å²) in [5.74, 6) is 0. The van der Waals surface area contributed by atoms with Gasteiger partial charge in [-0.2, -0.15) is 5.10 Å². The van der Waals surface area contributed by atoms with Gasteiger partial charge in [-0.05, 0) is 32.0 Å². The fourth-order valence-electron chi connectivity index (χ4n) is 1.93. The highest BCUT2D eigenvalue weighted by Gasteiger charge is 2.15. The lowest BCUT2D eigenvalue weighted by Gasteiger charge is -2.06. The van der Waals surface area contributed by atoms with Crippen LogP contribution in [0.25, 0.3) is 5.69 Å². The summed E-state index contributed by atoms with van der Waals surface area (Å²) in [6, 6.07) is 7.45. The maximum Gasteiger partial charge on any atom is 0.137 e. The van der Waals surface area contributed by atoms with Gasteiger partial charge in [0.2, 0.25) is 0 Å². The Morgan fingerprint density at radius 2 is 2.05 bits per heavy atom. The average molecular weight is 314 g/mol. The van der Waals surface area contributed by atoms with Crippen molar-refractivity contribution in [3.63, 3.8) is 0 Å². The normalized spacial score (nSPS) is 11.0. The number of para-hydroxylation sites is 1. The second kappa shape index (κ2) is 7.09. The maximum absolute atomic E-state index is 8.76. The molecule has 2 rings (SSSR count). The molecule has 0 aliphatic carbocycles. The lowest BCUT2D eigenvalue weighted by molar-refractivity contribution is 0.286. The molecule has 1 aromatic heterocycles. The number of aliphatic hydroxyl groups is 1. The van der Waals surface area contributed by atoms with Crippen LogP contribution in [-0.4, -0.2) is 28.0 Å². The first kappa shape index (κ1) is 15.3. The zero-order valence-electron chi connectivity index (χ0n) is 11.2. The van der Waals surface area contributed by atoms with Gasteiger partial charge in [-0.3, -0.25) is 0 Å². The Labute approximate surface area is 128 Å². The minimum Gasteiger partial charge on any atom is -0.396 e. The van der Waals surface area contributed by atoms with Crippen LogP contribution in [0.2, 0.25) is 10.2 Å². The predicted molar refractivity (Wildman–Crippen MR) is 81.7 cm³/mol. The molecule has 0 saturated carbocycles. The molecule has 20 heavy (non-hydrogen) atoms. The Morgan fingerprint density at radius 3 is 2.75 bits per heavy atom. The molecule has 0 aliphatic rings. The van der Waals surface area contributed by atoms with Gasteiger partial charge in [0.15, 0.2) is 0 Å². The second-order valence-electron chi connectivity index (χ2n) is 4.47. The van der Waals surface area contributed by atoms with Crippen molar-refractivity contribution in [2.75, 3.05) is 13.2 Å². The maximum atomic E-state index is 8.76. The molecule has 0 unspecified atom stereocenters. The van der Waals surface area contributed by atoms with Gasteiger partial charge >= 0.3 is 0 Å². The second-order valence-corrected chi connectivity index (χ2v) is 5.24. The highest BCUT2D eigenvalue weighted by molar-refractivity contribution is 6.33. The minimum absolute atomic E-state index is 0.179. The molecule has 0 saturated heterocycles. The molecule has 0 amide bonds. The van der Waals surface area contributed by atoms with Gasteiger partial charge in [0.25, 0.3) is 0 Å². The number of aromatic nitrogens is 2. The summed E-state index contributed by atoms with van der Waals surface area (Å²) >= 11 is 12.6. The molecule has 2 N–H and O–H groups in total. The standard InChI is InChI=1S/C14H17Cl2N3O/c1-10-11(9-17-7-4-8-20)14(16)19(18-10)13-6-3-2-5-12(13)15/h2-3,5-6,17,20H,4,7-9H2,1H3. The van der Waals surface area contributed by atoms with E-state index in [0.717, 1.165) is 29.9 Å². The molecule has 0 aliphatic heterocycles. The van der Waals surface area contributed by atoms with Crippen molar-refractivity contribution in [2.45, 2.75) is 19.9 Å². The molecule has 0 atom stereocenters. The molecule has 1 heterocycles. The van der Waals surface area contributed by atoms with Gasteiger partial charge in [-0.15, -0.1) is 0 Å². The van der Waals surface area contributed by atoms with Crippen LogP contribution >= 0.6 is 23.2 Å². The Bertz CT molecular complexity index is 584. The van der Waals surface area contributed by atoms with Crippen molar-refractivity contribution >= 4 is 23.2 Å². The molecule has 0 radical (unpaired) electrons. The molecule has 1 aromatic carbocycles. The highest BCUT2D eigenvalue weighted by Crippen LogP contribution is 2.27. The number of aliphatic hydroxyl groups excluding tert-OH is 1. The smallest absolute Gasteiger partial charge is 0.137 e. The van der Waals surface area contributed by atoms with Crippen molar-refractivity contribution in [2.24, 2.45) is 0 Å². The average Bonchev–Trinajstić information content (AvgIpc) is 2.71. The quantitative estimate of drug-likeness (QED) is 0.806. The van der Waals surface area contributed by atoms with E-state index in [1.165, 1.54) is 0 Å². The van der Waals surface area contributed by atoms with Gasteiger partial charge < -0.3 is 10.4 Å². The number of hydrogen-bond donors (Lipinski definition) is 2. The number of aryl methyl sites for hydroxylation is 1. The largest absolute Gasteiger partial charge is 0.396 e. The van der Waals surface area contributed by atoms with Crippen molar-refractivity contribution in [1.82, 2.24) is 15.1 Å². The number of halogens is 2. The molecule has 4 nitrogen and oxygen atoms in total. The van der Waals surface area contributed by atoms with Gasteiger partial charge in [0, 0.05) is 18.7 Å². The number of nitrogens with one attached hydrogen (secondary N) is 1. The number of rotatable bonds is 6. The van der Waals surface area contributed by atoms with Gasteiger partial charge in [0.05, 0.1) is 16.4 Å². The van der Waals surface area contributed by atoms with Crippen molar-refractivity contribution in [3.05, 3.63) is 45.7 Å². The molecule has 0 bridgehead atoms. The topological polar surface area (TPSA) is 50.1 Å². The summed E-state index contributed by atoms with van der Waals surface area (Å²) in [4.78, 5) is 0. The zero-order chi connectivity index (χ0) is 14.5. The van der Waals surface area contributed by atoms with E-state index in [9.17, 15) is 0 Å². The van der Waals surface area contributed by atoms with E-state index < -0.39 is 0 Å². The van der Waals surface area contributed by atoms with Gasteiger partial charge in [-0.25, -0.2) is 4.68 Å². The van der Waals surface area contributed by atoms with E-state index in [2.05, 4.69) is 10.4 Å². The van der Waals surface area contributed by atoms with Crippen molar-refractivity contribution < 1.29 is 5.11 Å². The van der Waals surface area contributed by atoms with E-state index >= 15 is 0 Å².